The highest BCUT2D eigenvalue weighted by Crippen LogP contribution is 2.33. The van der Waals surface area contributed by atoms with Gasteiger partial charge in [-0.2, -0.15) is 0 Å². The summed E-state index contributed by atoms with van der Waals surface area (Å²) < 4.78 is 7.54. The summed E-state index contributed by atoms with van der Waals surface area (Å²) >= 11 is 2.95. The van der Waals surface area contributed by atoms with Gasteiger partial charge in [0.25, 0.3) is 5.91 Å². The standard InChI is InChI=1S/C22H22N6O2S2/c1-14(2)24-21(29)16-12-31-19(25-16)13-32-22-27-26-20(15-7-6-10-23-11-15)28(22)17-8-4-5-9-18(17)30-3/h4-12,14H,13H2,1-3H3,(H,24,29). The third-order valence-corrected chi connectivity index (χ3v) is 6.38. The van der Waals surface area contributed by atoms with E-state index in [2.05, 4.69) is 25.5 Å². The molecule has 3 aromatic heterocycles. The van der Waals surface area contributed by atoms with E-state index >= 15 is 0 Å². The van der Waals surface area contributed by atoms with Crippen molar-refractivity contribution in [2.75, 3.05) is 7.11 Å². The fourth-order valence-corrected chi connectivity index (χ4v) is 4.76. The van der Waals surface area contributed by atoms with Crippen LogP contribution in [0.1, 0.15) is 29.3 Å². The van der Waals surface area contributed by atoms with Crippen molar-refractivity contribution in [2.24, 2.45) is 0 Å². The number of benzene rings is 1. The minimum absolute atomic E-state index is 0.0623. The number of nitrogens with one attached hydrogen (secondary N) is 1. The molecule has 0 saturated carbocycles. The number of methoxy groups -OCH3 is 1. The molecule has 8 nitrogen and oxygen atoms in total. The summed E-state index contributed by atoms with van der Waals surface area (Å²) in [5.74, 6) is 1.77. The largest absolute Gasteiger partial charge is 0.495 e. The van der Waals surface area contributed by atoms with Crippen LogP contribution in [0, 0.1) is 0 Å². The van der Waals surface area contributed by atoms with Gasteiger partial charge in [0.1, 0.15) is 16.5 Å². The molecule has 0 spiro atoms. The van der Waals surface area contributed by atoms with Gasteiger partial charge in [-0.05, 0) is 38.1 Å². The topological polar surface area (TPSA) is 94.8 Å². The third kappa shape index (κ3) is 4.81. The van der Waals surface area contributed by atoms with Gasteiger partial charge < -0.3 is 10.1 Å². The van der Waals surface area contributed by atoms with Crippen molar-refractivity contribution in [3.05, 3.63) is 64.9 Å². The Morgan fingerprint density at radius 1 is 1.22 bits per heavy atom. The van der Waals surface area contributed by atoms with Crippen LogP contribution in [0.5, 0.6) is 5.75 Å². The zero-order valence-electron chi connectivity index (χ0n) is 17.8. The molecule has 1 N–H and O–H groups in total. The van der Waals surface area contributed by atoms with Crippen molar-refractivity contribution in [3.63, 3.8) is 0 Å². The van der Waals surface area contributed by atoms with E-state index in [0.29, 0.717) is 28.2 Å². The fourth-order valence-electron chi connectivity index (χ4n) is 3.02. The Hall–Kier alpha value is -3.24. The zero-order chi connectivity index (χ0) is 22.5. The van der Waals surface area contributed by atoms with Crippen molar-refractivity contribution >= 4 is 29.0 Å². The first-order valence-electron chi connectivity index (χ1n) is 9.94. The van der Waals surface area contributed by atoms with Gasteiger partial charge in [0.15, 0.2) is 11.0 Å². The Morgan fingerprint density at radius 3 is 2.81 bits per heavy atom. The van der Waals surface area contributed by atoms with Crippen LogP contribution in [0.4, 0.5) is 0 Å². The molecule has 10 heteroatoms. The van der Waals surface area contributed by atoms with E-state index in [0.717, 1.165) is 16.3 Å². The molecule has 0 atom stereocenters. The number of nitrogens with zero attached hydrogens (tertiary/aromatic N) is 5. The summed E-state index contributed by atoms with van der Waals surface area (Å²) in [6.07, 6.45) is 3.48. The lowest BCUT2D eigenvalue weighted by atomic mass is 10.2. The first-order chi connectivity index (χ1) is 15.6. The molecular formula is C22H22N6O2S2. The second-order valence-corrected chi connectivity index (χ2v) is 8.98. The van der Waals surface area contributed by atoms with Crippen LogP contribution < -0.4 is 10.1 Å². The minimum atomic E-state index is -0.163. The van der Waals surface area contributed by atoms with Crippen LogP contribution >= 0.6 is 23.1 Å². The highest BCUT2D eigenvalue weighted by molar-refractivity contribution is 7.98. The Morgan fingerprint density at radius 2 is 2.06 bits per heavy atom. The van der Waals surface area contributed by atoms with E-state index in [1.807, 2.05) is 54.8 Å². The average Bonchev–Trinajstić information content (AvgIpc) is 3.45. The summed E-state index contributed by atoms with van der Waals surface area (Å²) in [7, 11) is 1.64. The molecule has 0 aliphatic heterocycles. The lowest BCUT2D eigenvalue weighted by Gasteiger charge is -2.13. The SMILES string of the molecule is COc1ccccc1-n1c(SCc2nc(C(=O)NC(C)C)cs2)nnc1-c1cccnc1. The smallest absolute Gasteiger partial charge is 0.270 e. The number of amides is 1. The molecule has 164 valence electrons. The number of carbonyl (C=O) groups excluding carboxylic acids is 1. The first kappa shape index (κ1) is 22.0. The molecule has 4 aromatic rings. The molecule has 0 bridgehead atoms. The van der Waals surface area contributed by atoms with E-state index in [4.69, 9.17) is 4.74 Å². The van der Waals surface area contributed by atoms with Gasteiger partial charge in [-0.3, -0.25) is 14.3 Å². The number of para-hydroxylation sites is 2. The predicted octanol–water partition coefficient (Wildman–Crippen LogP) is 4.22. The Labute approximate surface area is 194 Å². The van der Waals surface area contributed by atoms with Crippen LogP contribution in [-0.4, -0.2) is 43.8 Å². The van der Waals surface area contributed by atoms with Gasteiger partial charge >= 0.3 is 0 Å². The second-order valence-electron chi connectivity index (χ2n) is 7.10. The maximum absolute atomic E-state index is 12.2. The first-order valence-corrected chi connectivity index (χ1v) is 11.8. The van der Waals surface area contributed by atoms with Crippen LogP contribution in [0.15, 0.2) is 59.3 Å². The molecule has 1 amide bonds. The maximum atomic E-state index is 12.2. The van der Waals surface area contributed by atoms with Crippen molar-refractivity contribution in [3.8, 4) is 22.8 Å². The van der Waals surface area contributed by atoms with Crippen molar-refractivity contribution in [1.29, 1.82) is 0 Å². The highest BCUT2D eigenvalue weighted by Gasteiger charge is 2.20. The van der Waals surface area contributed by atoms with Crippen LogP contribution in [0.3, 0.4) is 0 Å². The molecule has 3 heterocycles. The lowest BCUT2D eigenvalue weighted by Crippen LogP contribution is -2.30. The van der Waals surface area contributed by atoms with Gasteiger partial charge in [0.2, 0.25) is 0 Å². The Kier molecular flexibility index (Phi) is 6.81. The predicted molar refractivity (Wildman–Crippen MR) is 125 cm³/mol. The summed E-state index contributed by atoms with van der Waals surface area (Å²) in [5, 5.41) is 15.0. The number of aromatic nitrogens is 5. The number of thioether (sulfide) groups is 1. The van der Waals surface area contributed by atoms with Gasteiger partial charge in [-0.25, -0.2) is 4.98 Å². The molecule has 0 saturated heterocycles. The minimum Gasteiger partial charge on any atom is -0.495 e. The molecule has 32 heavy (non-hydrogen) atoms. The third-order valence-electron chi connectivity index (χ3n) is 4.41. The zero-order valence-corrected chi connectivity index (χ0v) is 19.5. The summed E-state index contributed by atoms with van der Waals surface area (Å²) in [5.41, 5.74) is 2.11. The summed E-state index contributed by atoms with van der Waals surface area (Å²) in [6.45, 7) is 3.84. The number of hydrogen-bond acceptors (Lipinski definition) is 8. The lowest BCUT2D eigenvalue weighted by molar-refractivity contribution is 0.0938. The normalized spacial score (nSPS) is 11.0. The van der Waals surface area contributed by atoms with Gasteiger partial charge in [0, 0.05) is 29.4 Å². The quantitative estimate of drug-likeness (QED) is 0.388. The van der Waals surface area contributed by atoms with Gasteiger partial charge in [-0.1, -0.05) is 23.9 Å². The second kappa shape index (κ2) is 9.92. The maximum Gasteiger partial charge on any atom is 0.270 e. The number of hydrogen-bond donors (Lipinski definition) is 1. The molecule has 0 aliphatic rings. The number of pyridine rings is 1. The van der Waals surface area contributed by atoms with E-state index in [-0.39, 0.29) is 11.9 Å². The summed E-state index contributed by atoms with van der Waals surface area (Å²) in [4.78, 5) is 20.9. The van der Waals surface area contributed by atoms with Gasteiger partial charge in [0.05, 0.1) is 18.6 Å². The van der Waals surface area contributed by atoms with E-state index in [1.54, 1.807) is 24.9 Å². The fraction of sp³-hybridized carbons (Fsp3) is 0.227. The molecule has 4 rings (SSSR count). The van der Waals surface area contributed by atoms with Crippen molar-refractivity contribution in [1.82, 2.24) is 30.0 Å². The molecule has 1 aromatic carbocycles. The van der Waals surface area contributed by atoms with Crippen LogP contribution in [0.25, 0.3) is 17.1 Å². The van der Waals surface area contributed by atoms with Crippen molar-refractivity contribution < 1.29 is 9.53 Å². The number of thiazole rings is 1. The average molecular weight is 467 g/mol. The summed E-state index contributed by atoms with van der Waals surface area (Å²) in [6, 6.07) is 11.6. The van der Waals surface area contributed by atoms with Crippen LogP contribution in [-0.2, 0) is 5.75 Å². The van der Waals surface area contributed by atoms with Crippen LogP contribution in [0.2, 0.25) is 0 Å². The number of ether oxygens (including phenoxy) is 1. The molecular weight excluding hydrogens is 444 g/mol. The van der Waals surface area contributed by atoms with Gasteiger partial charge in [-0.15, -0.1) is 21.5 Å². The number of rotatable bonds is 8. The molecule has 0 fully saturated rings. The molecule has 0 radical (unpaired) electrons. The Balaban J connectivity index is 1.64. The molecule has 0 unspecified atom stereocenters. The molecule has 0 aliphatic carbocycles. The van der Waals surface area contributed by atoms with E-state index in [9.17, 15) is 4.79 Å². The van der Waals surface area contributed by atoms with E-state index in [1.165, 1.54) is 23.1 Å². The Bertz CT molecular complexity index is 1210. The van der Waals surface area contributed by atoms with E-state index < -0.39 is 0 Å². The highest BCUT2D eigenvalue weighted by atomic mass is 32.2. The van der Waals surface area contributed by atoms with Crippen molar-refractivity contribution in [2.45, 2.75) is 30.8 Å². The number of carbonyl (C=O) groups is 1. The monoisotopic (exact) mass is 466 g/mol.